The fourth-order valence-corrected chi connectivity index (χ4v) is 3.44. The van der Waals surface area contributed by atoms with Gasteiger partial charge in [-0.1, -0.05) is 0 Å². The second-order valence-electron chi connectivity index (χ2n) is 6.56. The monoisotopic (exact) mass is 339 g/mol. The van der Waals surface area contributed by atoms with Gasteiger partial charge in [-0.25, -0.2) is 5.14 Å². The van der Waals surface area contributed by atoms with Gasteiger partial charge in [0.15, 0.2) is 11.6 Å². The van der Waals surface area contributed by atoms with Gasteiger partial charge in [0.05, 0.1) is 6.61 Å². The molecule has 9 nitrogen and oxygen atoms in total. The van der Waals surface area contributed by atoms with Crippen molar-refractivity contribution in [2.75, 3.05) is 13.2 Å². The number of hydrogen-bond donors (Lipinski definition) is 1. The molecule has 0 bridgehead atoms. The zero-order chi connectivity index (χ0) is 16.4. The Kier molecular flexibility index (Phi) is 3.63. The normalized spacial score (nSPS) is 42.9. The van der Waals surface area contributed by atoms with Gasteiger partial charge in [0.2, 0.25) is 5.79 Å². The lowest BCUT2D eigenvalue weighted by atomic mass is 9.98. The minimum Gasteiger partial charge on any atom is -0.343 e. The maximum Gasteiger partial charge on any atom is 0.333 e. The quantitative estimate of drug-likeness (QED) is 0.739. The van der Waals surface area contributed by atoms with Crippen LogP contribution in [0.4, 0.5) is 0 Å². The Balaban J connectivity index is 1.87. The van der Waals surface area contributed by atoms with E-state index in [0.717, 1.165) is 0 Å². The summed E-state index contributed by atoms with van der Waals surface area (Å²) in [4.78, 5) is 0. The highest BCUT2D eigenvalue weighted by atomic mass is 32.2. The molecule has 0 spiro atoms. The smallest absolute Gasteiger partial charge is 0.333 e. The van der Waals surface area contributed by atoms with E-state index in [1.54, 1.807) is 27.7 Å². The molecule has 3 fully saturated rings. The van der Waals surface area contributed by atoms with Gasteiger partial charge >= 0.3 is 10.3 Å². The molecule has 0 radical (unpaired) electrons. The first-order chi connectivity index (χ1) is 9.92. The predicted octanol–water partition coefficient (Wildman–Crippen LogP) is -0.395. The van der Waals surface area contributed by atoms with Gasteiger partial charge in [-0.05, 0) is 27.7 Å². The number of fused-ring (bicyclic) bond motifs is 3. The van der Waals surface area contributed by atoms with E-state index in [9.17, 15) is 8.42 Å². The minimum atomic E-state index is -4.14. The summed E-state index contributed by atoms with van der Waals surface area (Å²) in [5, 5.41) is 4.89. The molecule has 0 aromatic heterocycles. The molecule has 3 heterocycles. The molecule has 10 heteroatoms. The van der Waals surface area contributed by atoms with E-state index in [1.165, 1.54) is 0 Å². The van der Waals surface area contributed by atoms with Gasteiger partial charge in [-0.2, -0.15) is 8.42 Å². The van der Waals surface area contributed by atoms with Crippen LogP contribution in [-0.4, -0.2) is 57.3 Å². The maximum atomic E-state index is 11.1. The Morgan fingerprint density at radius 1 is 1.14 bits per heavy atom. The van der Waals surface area contributed by atoms with Crippen LogP contribution in [0.15, 0.2) is 0 Å². The molecule has 0 aromatic carbocycles. The van der Waals surface area contributed by atoms with Crippen molar-refractivity contribution in [2.45, 2.75) is 63.4 Å². The van der Waals surface area contributed by atoms with Crippen molar-refractivity contribution < 1.29 is 36.3 Å². The number of rotatable bonds is 3. The van der Waals surface area contributed by atoms with Crippen LogP contribution in [0.2, 0.25) is 0 Å². The van der Waals surface area contributed by atoms with Gasteiger partial charge in [0.1, 0.15) is 24.9 Å². The van der Waals surface area contributed by atoms with Gasteiger partial charge in [0, 0.05) is 0 Å². The van der Waals surface area contributed by atoms with E-state index >= 15 is 0 Å². The Morgan fingerprint density at radius 2 is 1.82 bits per heavy atom. The highest BCUT2D eigenvalue weighted by Crippen LogP contribution is 2.47. The SMILES string of the molecule is CC1(C)O[C@H]2[C@H]3OC(C)(C)O[C@@]3(COS(N)(=O)=O)OC[C@H]2O1. The molecule has 0 amide bonds. The van der Waals surface area contributed by atoms with E-state index in [-0.39, 0.29) is 12.7 Å². The highest BCUT2D eigenvalue weighted by molar-refractivity contribution is 7.84. The first-order valence-corrected chi connectivity index (χ1v) is 8.43. The molecule has 3 aliphatic heterocycles. The Hall–Kier alpha value is -0.330. The molecule has 0 aliphatic carbocycles. The highest BCUT2D eigenvalue weighted by Gasteiger charge is 2.65. The summed E-state index contributed by atoms with van der Waals surface area (Å²) in [5.41, 5.74) is 0. The molecule has 3 saturated heterocycles. The average Bonchev–Trinajstić information content (AvgIpc) is 2.78. The van der Waals surface area contributed by atoms with Crippen molar-refractivity contribution in [1.29, 1.82) is 0 Å². The molecule has 0 saturated carbocycles. The van der Waals surface area contributed by atoms with E-state index < -0.39 is 46.5 Å². The summed E-state index contributed by atoms with van der Waals surface area (Å²) in [6.07, 6.45) is -1.50. The zero-order valence-electron chi connectivity index (χ0n) is 12.9. The van der Waals surface area contributed by atoms with Crippen molar-refractivity contribution in [3.05, 3.63) is 0 Å². The fourth-order valence-electron chi connectivity index (χ4n) is 3.11. The number of hydrogen-bond acceptors (Lipinski definition) is 8. The third-order valence-corrected chi connectivity index (χ3v) is 4.15. The van der Waals surface area contributed by atoms with E-state index in [4.69, 9.17) is 33.0 Å². The summed E-state index contributed by atoms with van der Waals surface area (Å²) >= 11 is 0. The van der Waals surface area contributed by atoms with E-state index in [2.05, 4.69) is 0 Å². The number of nitrogens with two attached hydrogens (primary N) is 1. The Morgan fingerprint density at radius 3 is 2.45 bits per heavy atom. The molecule has 2 N–H and O–H groups in total. The summed E-state index contributed by atoms with van der Waals surface area (Å²) in [5.74, 6) is -3.19. The third kappa shape index (κ3) is 3.02. The van der Waals surface area contributed by atoms with Gasteiger partial charge in [-0.3, -0.25) is 4.18 Å². The Labute approximate surface area is 129 Å². The summed E-state index contributed by atoms with van der Waals surface area (Å²) in [6.45, 7) is 6.71. The van der Waals surface area contributed by atoms with Crippen LogP contribution in [-0.2, 0) is 38.2 Å². The van der Waals surface area contributed by atoms with Crippen molar-refractivity contribution in [3.8, 4) is 0 Å². The molecule has 0 aromatic rings. The first-order valence-electron chi connectivity index (χ1n) is 6.96. The molecule has 128 valence electrons. The van der Waals surface area contributed by atoms with E-state index in [0.29, 0.717) is 0 Å². The second kappa shape index (κ2) is 4.84. The van der Waals surface area contributed by atoms with Crippen LogP contribution < -0.4 is 5.14 Å². The minimum absolute atomic E-state index is 0.165. The first kappa shape index (κ1) is 16.5. The van der Waals surface area contributed by atoms with Crippen LogP contribution in [0.25, 0.3) is 0 Å². The largest absolute Gasteiger partial charge is 0.343 e. The summed E-state index contributed by atoms with van der Waals surface area (Å²) < 4.78 is 55.9. The topological polar surface area (TPSA) is 116 Å². The molecule has 3 aliphatic rings. The van der Waals surface area contributed by atoms with Gasteiger partial charge in [-0.15, -0.1) is 0 Å². The lowest BCUT2D eigenvalue weighted by molar-refractivity contribution is -0.290. The molecule has 22 heavy (non-hydrogen) atoms. The van der Waals surface area contributed by atoms with Crippen molar-refractivity contribution in [2.24, 2.45) is 5.14 Å². The van der Waals surface area contributed by atoms with Crippen LogP contribution in [0, 0.1) is 0 Å². The Bertz CT molecular complexity index is 561. The summed E-state index contributed by atoms with van der Waals surface area (Å²) in [7, 11) is -4.14. The second-order valence-corrected chi connectivity index (χ2v) is 7.78. The molecule has 0 unspecified atom stereocenters. The fraction of sp³-hybridized carbons (Fsp3) is 1.00. The lowest BCUT2D eigenvalue weighted by Crippen LogP contribution is -2.60. The molecule has 4 atom stereocenters. The lowest BCUT2D eigenvalue weighted by Gasteiger charge is -2.40. The molecular weight excluding hydrogens is 318 g/mol. The van der Waals surface area contributed by atoms with Crippen molar-refractivity contribution in [3.63, 3.8) is 0 Å². The molecule has 3 rings (SSSR count). The van der Waals surface area contributed by atoms with Crippen LogP contribution in [0.5, 0.6) is 0 Å². The van der Waals surface area contributed by atoms with E-state index in [1.807, 2.05) is 0 Å². The number of ether oxygens (including phenoxy) is 5. The van der Waals surface area contributed by atoms with Crippen molar-refractivity contribution >= 4 is 10.3 Å². The van der Waals surface area contributed by atoms with Crippen LogP contribution in [0.3, 0.4) is 0 Å². The van der Waals surface area contributed by atoms with Crippen LogP contribution >= 0.6 is 0 Å². The standard InChI is InChI=1S/C12H21NO8S/c1-10(2)18-7-5-16-12(6-17-22(13,14)15)9(8(7)19-10)20-11(3,4)21-12/h7-9H,5-6H2,1-4H3,(H2,13,14,15)/t7-,8-,9-,12-/m1/s1. The average molecular weight is 339 g/mol. The zero-order valence-corrected chi connectivity index (χ0v) is 13.7. The molecular formula is C12H21NO8S. The van der Waals surface area contributed by atoms with Crippen molar-refractivity contribution in [1.82, 2.24) is 0 Å². The van der Waals surface area contributed by atoms with Gasteiger partial charge < -0.3 is 23.7 Å². The predicted molar refractivity (Wildman–Crippen MR) is 71.6 cm³/mol. The third-order valence-electron chi connectivity index (χ3n) is 3.70. The van der Waals surface area contributed by atoms with Crippen LogP contribution in [0.1, 0.15) is 27.7 Å². The maximum absolute atomic E-state index is 11.1. The summed E-state index contributed by atoms with van der Waals surface area (Å²) in [6, 6.07) is 0. The van der Waals surface area contributed by atoms with Gasteiger partial charge in [0.25, 0.3) is 0 Å².